The zero-order valence-electron chi connectivity index (χ0n) is 6.03. The Morgan fingerprint density at radius 1 is 1.64 bits per heavy atom. The highest BCUT2D eigenvalue weighted by Crippen LogP contribution is 2.09. The third-order valence-corrected chi connectivity index (χ3v) is 1.24. The lowest BCUT2D eigenvalue weighted by Gasteiger charge is -1.92. The van der Waals surface area contributed by atoms with Crippen molar-refractivity contribution in [1.82, 2.24) is 4.98 Å². The Hall–Kier alpha value is -1.69. The summed E-state index contributed by atoms with van der Waals surface area (Å²) in [5.74, 6) is -0.0819. The van der Waals surface area contributed by atoms with Crippen molar-refractivity contribution < 1.29 is 4.79 Å². The molecule has 0 aliphatic carbocycles. The molecule has 0 radical (unpaired) electrons. The van der Waals surface area contributed by atoms with Gasteiger partial charge in [0.05, 0.1) is 6.57 Å². The molecule has 0 N–H and O–H groups in total. The lowest BCUT2D eigenvalue weighted by Crippen LogP contribution is -1.93. The van der Waals surface area contributed by atoms with Gasteiger partial charge in [0.2, 0.25) is 5.69 Å². The van der Waals surface area contributed by atoms with E-state index in [9.17, 15) is 4.79 Å². The SMILES string of the molecule is [C-]#[N+]c1ccc(C(C)=O)nc1. The lowest BCUT2D eigenvalue weighted by molar-refractivity contribution is 0.101. The number of carbonyl (C=O) groups excluding carboxylic acids is 1. The number of rotatable bonds is 1. The number of aromatic nitrogens is 1. The van der Waals surface area contributed by atoms with Crippen LogP contribution in [0, 0.1) is 6.57 Å². The van der Waals surface area contributed by atoms with Crippen LogP contribution in [0.3, 0.4) is 0 Å². The summed E-state index contributed by atoms with van der Waals surface area (Å²) in [7, 11) is 0. The predicted octanol–water partition coefficient (Wildman–Crippen LogP) is 1.83. The molecule has 0 amide bonds. The van der Waals surface area contributed by atoms with Gasteiger partial charge in [-0.25, -0.2) is 4.85 Å². The van der Waals surface area contributed by atoms with Crippen molar-refractivity contribution in [1.29, 1.82) is 0 Å². The van der Waals surface area contributed by atoms with Gasteiger partial charge in [0.15, 0.2) is 5.78 Å². The van der Waals surface area contributed by atoms with Gasteiger partial charge in [0.1, 0.15) is 5.69 Å². The van der Waals surface area contributed by atoms with Crippen LogP contribution in [0.15, 0.2) is 18.3 Å². The number of hydrogen-bond acceptors (Lipinski definition) is 2. The van der Waals surface area contributed by atoms with E-state index in [4.69, 9.17) is 6.57 Å². The molecule has 0 aliphatic heterocycles. The quantitative estimate of drug-likeness (QED) is 0.447. The molecule has 0 bridgehead atoms. The van der Waals surface area contributed by atoms with E-state index in [1.165, 1.54) is 13.1 Å². The summed E-state index contributed by atoms with van der Waals surface area (Å²) in [6, 6.07) is 3.13. The molecule has 0 fully saturated rings. The first-order valence-electron chi connectivity index (χ1n) is 3.08. The lowest BCUT2D eigenvalue weighted by atomic mass is 10.3. The first-order chi connectivity index (χ1) is 5.24. The Labute approximate surface area is 64.5 Å². The molecule has 1 aromatic heterocycles. The minimum atomic E-state index is -0.0819. The second-order valence-electron chi connectivity index (χ2n) is 2.07. The molecule has 11 heavy (non-hydrogen) atoms. The molecule has 0 spiro atoms. The fourth-order valence-electron chi connectivity index (χ4n) is 0.660. The highest BCUT2D eigenvalue weighted by Gasteiger charge is 1.98. The van der Waals surface area contributed by atoms with Crippen LogP contribution in [-0.4, -0.2) is 10.8 Å². The molecule has 1 heterocycles. The minimum Gasteiger partial charge on any atom is -0.293 e. The maximum absolute atomic E-state index is 10.7. The molecule has 0 saturated heterocycles. The van der Waals surface area contributed by atoms with Gasteiger partial charge in [-0.3, -0.25) is 9.78 Å². The average molecular weight is 146 g/mol. The van der Waals surface area contributed by atoms with Crippen LogP contribution < -0.4 is 0 Å². The van der Waals surface area contributed by atoms with Crippen molar-refractivity contribution in [2.75, 3.05) is 0 Å². The van der Waals surface area contributed by atoms with Crippen molar-refractivity contribution in [3.05, 3.63) is 35.4 Å². The zero-order chi connectivity index (χ0) is 8.27. The first kappa shape index (κ1) is 7.42. The van der Waals surface area contributed by atoms with Crippen LogP contribution in [-0.2, 0) is 0 Å². The van der Waals surface area contributed by atoms with Crippen LogP contribution >= 0.6 is 0 Å². The van der Waals surface area contributed by atoms with Gasteiger partial charge in [0.25, 0.3) is 0 Å². The Balaban J connectivity index is 3.03. The number of pyridine rings is 1. The number of hydrogen-bond donors (Lipinski definition) is 0. The summed E-state index contributed by atoms with van der Waals surface area (Å²) in [4.78, 5) is 17.6. The van der Waals surface area contributed by atoms with E-state index in [2.05, 4.69) is 9.83 Å². The molecule has 0 atom stereocenters. The van der Waals surface area contributed by atoms with Gasteiger partial charge in [-0.2, -0.15) is 0 Å². The van der Waals surface area contributed by atoms with E-state index < -0.39 is 0 Å². The first-order valence-corrected chi connectivity index (χ1v) is 3.08. The Bertz CT molecular complexity index is 308. The Morgan fingerprint density at radius 2 is 2.36 bits per heavy atom. The molecule has 3 heteroatoms. The van der Waals surface area contributed by atoms with Crippen molar-refractivity contribution in [3.8, 4) is 0 Å². The zero-order valence-corrected chi connectivity index (χ0v) is 6.03. The van der Waals surface area contributed by atoms with Crippen molar-refractivity contribution in [2.45, 2.75) is 6.92 Å². The van der Waals surface area contributed by atoms with Crippen LogP contribution in [0.25, 0.3) is 4.85 Å². The van der Waals surface area contributed by atoms with Crippen molar-refractivity contribution in [2.24, 2.45) is 0 Å². The average Bonchev–Trinajstić information content (AvgIpc) is 2.05. The van der Waals surface area contributed by atoms with Gasteiger partial charge in [-0.15, -0.1) is 0 Å². The molecular formula is C8H6N2O. The van der Waals surface area contributed by atoms with Crippen LogP contribution in [0.1, 0.15) is 17.4 Å². The highest BCUT2D eigenvalue weighted by atomic mass is 16.1. The van der Waals surface area contributed by atoms with Crippen LogP contribution in [0.5, 0.6) is 0 Å². The van der Waals surface area contributed by atoms with Gasteiger partial charge in [0, 0.05) is 13.1 Å². The van der Waals surface area contributed by atoms with E-state index >= 15 is 0 Å². The fraction of sp³-hybridized carbons (Fsp3) is 0.125. The maximum Gasteiger partial charge on any atom is 0.205 e. The third-order valence-electron chi connectivity index (χ3n) is 1.24. The van der Waals surface area contributed by atoms with Crippen LogP contribution in [0.2, 0.25) is 0 Å². The molecule has 0 aliphatic rings. The smallest absolute Gasteiger partial charge is 0.205 e. The summed E-state index contributed by atoms with van der Waals surface area (Å²) >= 11 is 0. The summed E-state index contributed by atoms with van der Waals surface area (Å²) in [5, 5.41) is 0. The van der Waals surface area contributed by atoms with Crippen molar-refractivity contribution >= 4 is 11.5 Å². The van der Waals surface area contributed by atoms with E-state index in [1.807, 2.05) is 0 Å². The minimum absolute atomic E-state index is 0.0819. The summed E-state index contributed by atoms with van der Waals surface area (Å²) in [6.45, 7) is 8.07. The molecule has 1 aromatic rings. The maximum atomic E-state index is 10.7. The van der Waals surface area contributed by atoms with Crippen LogP contribution in [0.4, 0.5) is 5.69 Å². The summed E-state index contributed by atoms with van der Waals surface area (Å²) in [5.41, 5.74) is 0.854. The second-order valence-corrected chi connectivity index (χ2v) is 2.07. The summed E-state index contributed by atoms with van der Waals surface area (Å²) < 4.78 is 0. The molecule has 54 valence electrons. The predicted molar refractivity (Wildman–Crippen MR) is 40.5 cm³/mol. The largest absolute Gasteiger partial charge is 0.293 e. The monoisotopic (exact) mass is 146 g/mol. The molecule has 0 unspecified atom stereocenters. The van der Waals surface area contributed by atoms with Gasteiger partial charge in [-0.05, 0) is 6.07 Å². The fourth-order valence-corrected chi connectivity index (χ4v) is 0.660. The number of nitrogens with zero attached hydrogens (tertiary/aromatic N) is 2. The van der Waals surface area contributed by atoms with Gasteiger partial charge in [-0.1, -0.05) is 6.07 Å². The Morgan fingerprint density at radius 3 is 2.73 bits per heavy atom. The molecule has 3 nitrogen and oxygen atoms in total. The molecular weight excluding hydrogens is 140 g/mol. The number of Topliss-reactive ketones (excluding diaryl/α,β-unsaturated/α-hetero) is 1. The standard InChI is InChI=1S/C8H6N2O/c1-6(11)8-4-3-7(9-2)5-10-8/h3-5H,1H3. The summed E-state index contributed by atoms with van der Waals surface area (Å²) in [6.07, 6.45) is 1.39. The third kappa shape index (κ3) is 1.62. The van der Waals surface area contributed by atoms with Gasteiger partial charge < -0.3 is 0 Å². The molecule has 0 aromatic carbocycles. The highest BCUT2D eigenvalue weighted by molar-refractivity contribution is 5.92. The Kier molecular flexibility index (Phi) is 1.98. The molecule has 0 saturated carbocycles. The second kappa shape index (κ2) is 2.93. The normalized spacial score (nSPS) is 8.73. The molecule has 1 rings (SSSR count). The van der Waals surface area contributed by atoms with E-state index in [0.717, 1.165) is 0 Å². The van der Waals surface area contributed by atoms with Gasteiger partial charge >= 0.3 is 0 Å². The number of ketones is 1. The van der Waals surface area contributed by atoms with E-state index in [-0.39, 0.29) is 5.78 Å². The van der Waals surface area contributed by atoms with Crippen molar-refractivity contribution in [3.63, 3.8) is 0 Å². The number of carbonyl (C=O) groups is 1. The topological polar surface area (TPSA) is 34.3 Å². The van der Waals surface area contributed by atoms with E-state index in [1.54, 1.807) is 12.1 Å². The van der Waals surface area contributed by atoms with E-state index in [0.29, 0.717) is 11.4 Å².